The molecule has 0 saturated carbocycles. The van der Waals surface area contributed by atoms with Crippen molar-refractivity contribution in [3.63, 3.8) is 0 Å². The van der Waals surface area contributed by atoms with Gasteiger partial charge in [0, 0.05) is 19.6 Å². The van der Waals surface area contributed by atoms with Crippen molar-refractivity contribution in [3.05, 3.63) is 0 Å². The van der Waals surface area contributed by atoms with Gasteiger partial charge in [0.2, 0.25) is 11.8 Å². The molecular formula is C12H25N3O2. The fraction of sp³-hybridized carbons (Fsp3) is 0.833. The van der Waals surface area contributed by atoms with E-state index < -0.39 is 0 Å². The van der Waals surface area contributed by atoms with E-state index in [0.29, 0.717) is 19.6 Å². The van der Waals surface area contributed by atoms with E-state index in [9.17, 15) is 9.59 Å². The maximum absolute atomic E-state index is 11.7. The molecule has 2 amide bonds. The lowest BCUT2D eigenvalue weighted by Gasteiger charge is -2.20. The molecule has 0 aromatic carbocycles. The van der Waals surface area contributed by atoms with E-state index in [1.807, 2.05) is 20.8 Å². The molecule has 0 aliphatic rings. The zero-order valence-electron chi connectivity index (χ0n) is 11.4. The third kappa shape index (κ3) is 6.26. The van der Waals surface area contributed by atoms with Crippen LogP contribution in [0.5, 0.6) is 0 Å². The van der Waals surface area contributed by atoms with Crippen LogP contribution >= 0.6 is 0 Å². The standard InChI is InChI=1S/C12H25N3O2/c1-5-8-13-12(17)10(4)14-9-11(16)15(6-2)7-3/h10,14H,5-9H2,1-4H3,(H,13,17). The minimum Gasteiger partial charge on any atom is -0.355 e. The first-order chi connectivity index (χ1) is 8.06. The molecule has 0 saturated heterocycles. The first-order valence-corrected chi connectivity index (χ1v) is 6.35. The lowest BCUT2D eigenvalue weighted by atomic mass is 10.3. The van der Waals surface area contributed by atoms with Crippen LogP contribution in [0.15, 0.2) is 0 Å². The number of amides is 2. The van der Waals surface area contributed by atoms with E-state index in [-0.39, 0.29) is 24.4 Å². The zero-order chi connectivity index (χ0) is 13.3. The van der Waals surface area contributed by atoms with E-state index in [1.54, 1.807) is 11.8 Å². The predicted molar refractivity (Wildman–Crippen MR) is 68.7 cm³/mol. The first kappa shape index (κ1) is 15.9. The van der Waals surface area contributed by atoms with Crippen LogP contribution in [0.3, 0.4) is 0 Å². The second kappa shape index (κ2) is 8.98. The Bertz CT molecular complexity index is 240. The van der Waals surface area contributed by atoms with Crippen molar-refractivity contribution in [1.82, 2.24) is 15.5 Å². The molecule has 0 radical (unpaired) electrons. The average Bonchev–Trinajstić information content (AvgIpc) is 2.34. The largest absolute Gasteiger partial charge is 0.355 e. The van der Waals surface area contributed by atoms with Gasteiger partial charge in [-0.3, -0.25) is 14.9 Å². The molecule has 0 rings (SSSR count). The van der Waals surface area contributed by atoms with Crippen LogP contribution in [0.25, 0.3) is 0 Å². The molecule has 100 valence electrons. The number of nitrogens with zero attached hydrogens (tertiary/aromatic N) is 1. The van der Waals surface area contributed by atoms with Crippen LogP contribution in [-0.4, -0.2) is 48.9 Å². The van der Waals surface area contributed by atoms with Gasteiger partial charge in [0.1, 0.15) is 0 Å². The van der Waals surface area contributed by atoms with E-state index in [0.717, 1.165) is 6.42 Å². The quantitative estimate of drug-likeness (QED) is 0.647. The predicted octanol–water partition coefficient (Wildman–Crippen LogP) is 0.359. The van der Waals surface area contributed by atoms with Crippen LogP contribution in [0.2, 0.25) is 0 Å². The third-order valence-corrected chi connectivity index (χ3v) is 2.62. The Morgan fingerprint density at radius 1 is 1.18 bits per heavy atom. The van der Waals surface area contributed by atoms with Crippen molar-refractivity contribution < 1.29 is 9.59 Å². The van der Waals surface area contributed by atoms with Gasteiger partial charge in [-0.25, -0.2) is 0 Å². The lowest BCUT2D eigenvalue weighted by molar-refractivity contribution is -0.130. The van der Waals surface area contributed by atoms with Gasteiger partial charge >= 0.3 is 0 Å². The molecule has 0 bridgehead atoms. The topological polar surface area (TPSA) is 61.4 Å². The highest BCUT2D eigenvalue weighted by Crippen LogP contribution is 1.89. The molecule has 1 atom stereocenters. The number of hydrogen-bond acceptors (Lipinski definition) is 3. The highest BCUT2D eigenvalue weighted by atomic mass is 16.2. The number of likely N-dealkylation sites (N-methyl/N-ethyl adjacent to an activating group) is 1. The number of carbonyl (C=O) groups is 2. The van der Waals surface area contributed by atoms with E-state index in [1.165, 1.54) is 0 Å². The monoisotopic (exact) mass is 243 g/mol. The van der Waals surface area contributed by atoms with Gasteiger partial charge in [-0.05, 0) is 27.2 Å². The smallest absolute Gasteiger partial charge is 0.236 e. The summed E-state index contributed by atoms with van der Waals surface area (Å²) in [6.07, 6.45) is 0.914. The highest BCUT2D eigenvalue weighted by Gasteiger charge is 2.15. The molecule has 0 aliphatic carbocycles. The van der Waals surface area contributed by atoms with Gasteiger partial charge < -0.3 is 10.2 Å². The molecule has 0 aromatic rings. The van der Waals surface area contributed by atoms with Crippen molar-refractivity contribution in [2.24, 2.45) is 0 Å². The summed E-state index contributed by atoms with van der Waals surface area (Å²) in [4.78, 5) is 24.9. The number of nitrogens with one attached hydrogen (secondary N) is 2. The Hall–Kier alpha value is -1.10. The van der Waals surface area contributed by atoms with Crippen LogP contribution in [0.1, 0.15) is 34.1 Å². The molecule has 0 fully saturated rings. The van der Waals surface area contributed by atoms with Crippen LogP contribution in [-0.2, 0) is 9.59 Å². The highest BCUT2D eigenvalue weighted by molar-refractivity contribution is 5.83. The van der Waals surface area contributed by atoms with Gasteiger partial charge in [-0.1, -0.05) is 6.92 Å². The molecule has 0 spiro atoms. The maximum atomic E-state index is 11.7. The zero-order valence-corrected chi connectivity index (χ0v) is 11.4. The summed E-state index contributed by atoms with van der Waals surface area (Å²) in [6, 6.07) is -0.332. The van der Waals surface area contributed by atoms with E-state index in [4.69, 9.17) is 0 Å². The summed E-state index contributed by atoms with van der Waals surface area (Å²) in [5.74, 6) is -0.0238. The third-order valence-electron chi connectivity index (χ3n) is 2.62. The minimum absolute atomic E-state index is 0.0325. The molecule has 5 nitrogen and oxygen atoms in total. The Balaban J connectivity index is 3.93. The number of rotatable bonds is 8. The fourth-order valence-electron chi connectivity index (χ4n) is 1.42. The average molecular weight is 243 g/mol. The number of hydrogen-bond donors (Lipinski definition) is 2. The summed E-state index contributed by atoms with van der Waals surface area (Å²) in [5.41, 5.74) is 0. The lowest BCUT2D eigenvalue weighted by Crippen LogP contribution is -2.47. The van der Waals surface area contributed by atoms with E-state index in [2.05, 4.69) is 10.6 Å². The second-order valence-electron chi connectivity index (χ2n) is 3.96. The molecule has 0 heterocycles. The summed E-state index contributed by atoms with van der Waals surface area (Å²) in [6.45, 7) is 9.94. The molecule has 17 heavy (non-hydrogen) atoms. The Kier molecular flexibility index (Phi) is 8.40. The molecule has 1 unspecified atom stereocenters. The Morgan fingerprint density at radius 2 is 1.76 bits per heavy atom. The van der Waals surface area contributed by atoms with Crippen molar-refractivity contribution >= 4 is 11.8 Å². The van der Waals surface area contributed by atoms with Gasteiger partial charge in [0.25, 0.3) is 0 Å². The van der Waals surface area contributed by atoms with Crippen LogP contribution in [0, 0.1) is 0 Å². The maximum Gasteiger partial charge on any atom is 0.236 e. The Labute approximate surface area is 104 Å². The second-order valence-corrected chi connectivity index (χ2v) is 3.96. The molecule has 5 heteroatoms. The van der Waals surface area contributed by atoms with Crippen molar-refractivity contribution in [1.29, 1.82) is 0 Å². The van der Waals surface area contributed by atoms with E-state index >= 15 is 0 Å². The SMILES string of the molecule is CCCNC(=O)C(C)NCC(=O)N(CC)CC. The first-order valence-electron chi connectivity index (χ1n) is 6.35. The fourth-order valence-corrected chi connectivity index (χ4v) is 1.42. The van der Waals surface area contributed by atoms with Crippen LogP contribution in [0.4, 0.5) is 0 Å². The number of carbonyl (C=O) groups excluding carboxylic acids is 2. The summed E-state index contributed by atoms with van der Waals surface area (Å²) < 4.78 is 0. The molecular weight excluding hydrogens is 218 g/mol. The van der Waals surface area contributed by atoms with Crippen LogP contribution < -0.4 is 10.6 Å². The van der Waals surface area contributed by atoms with Gasteiger partial charge in [0.05, 0.1) is 12.6 Å². The minimum atomic E-state index is -0.332. The van der Waals surface area contributed by atoms with Crippen molar-refractivity contribution in [2.45, 2.75) is 40.2 Å². The summed E-state index contributed by atoms with van der Waals surface area (Å²) >= 11 is 0. The normalized spacial score (nSPS) is 12.0. The Morgan fingerprint density at radius 3 is 2.24 bits per heavy atom. The van der Waals surface area contributed by atoms with Gasteiger partial charge in [-0.15, -0.1) is 0 Å². The van der Waals surface area contributed by atoms with Gasteiger partial charge in [0.15, 0.2) is 0 Å². The molecule has 0 aliphatic heterocycles. The van der Waals surface area contributed by atoms with Gasteiger partial charge in [-0.2, -0.15) is 0 Å². The molecule has 2 N–H and O–H groups in total. The van der Waals surface area contributed by atoms with Crippen molar-refractivity contribution in [3.8, 4) is 0 Å². The summed E-state index contributed by atoms with van der Waals surface area (Å²) in [7, 11) is 0. The molecule has 0 aromatic heterocycles. The summed E-state index contributed by atoms with van der Waals surface area (Å²) in [5, 5.41) is 5.72. The van der Waals surface area contributed by atoms with Crippen molar-refractivity contribution in [2.75, 3.05) is 26.2 Å².